The Labute approximate surface area is 421 Å². The van der Waals surface area contributed by atoms with E-state index in [0.717, 1.165) is 124 Å². The summed E-state index contributed by atoms with van der Waals surface area (Å²) in [6, 6.07) is 48.7. The van der Waals surface area contributed by atoms with Gasteiger partial charge >= 0.3 is 0 Å². The van der Waals surface area contributed by atoms with Crippen LogP contribution in [0.2, 0.25) is 0 Å². The molecule has 12 nitrogen and oxygen atoms in total. The lowest BCUT2D eigenvalue weighted by Crippen LogP contribution is -2.63. The Kier molecular flexibility index (Phi) is 17.2. The molecular weight excluding hydrogens is 913 g/mol. The molecule has 6 heterocycles. The van der Waals surface area contributed by atoms with Crippen molar-refractivity contribution < 1.29 is 19.1 Å². The molecular formula is C56H64N8O4S2. The monoisotopic (exact) mass is 976 g/mol. The first-order chi connectivity index (χ1) is 34.5. The largest absolute Gasteiger partial charge is 0.381 e. The molecule has 0 radical (unpaired) electrons. The maximum atomic E-state index is 13.3. The number of pyridine rings is 2. The lowest BCUT2D eigenvalue weighted by atomic mass is 9.87. The molecule has 0 atom stereocenters. The van der Waals surface area contributed by atoms with E-state index in [-0.39, 0.29) is 22.9 Å². The lowest BCUT2D eigenvalue weighted by molar-refractivity contribution is -0.0299. The van der Waals surface area contributed by atoms with Crippen LogP contribution >= 0.6 is 23.5 Å². The SMILES string of the molecule is O=C(NCC1(N2CCN(c3ccccc3)CC2)CCOCC1)c1cccnc1Sc1ccccc1.O=C(NCC1(N2CCN(c3ccccc3)CC2)CCOCC1)c1cccnc1Sc1ccccc1. The summed E-state index contributed by atoms with van der Waals surface area (Å²) in [5.41, 5.74) is 3.65. The number of carbonyl (C=O) groups excluding carboxylic acids is 2. The highest BCUT2D eigenvalue weighted by atomic mass is 32.2. The van der Waals surface area contributed by atoms with E-state index in [1.165, 1.54) is 34.9 Å². The quantitative estimate of drug-likeness (QED) is 0.109. The van der Waals surface area contributed by atoms with E-state index in [1.807, 2.05) is 84.9 Å². The van der Waals surface area contributed by atoms with Crippen molar-refractivity contribution in [3.63, 3.8) is 0 Å². The molecule has 364 valence electrons. The molecule has 6 aromatic rings. The van der Waals surface area contributed by atoms with Gasteiger partial charge in [0.1, 0.15) is 10.1 Å². The minimum atomic E-state index is -0.0777. The Bertz CT molecular complexity index is 2370. The molecule has 4 aliphatic rings. The van der Waals surface area contributed by atoms with Crippen molar-refractivity contribution in [2.24, 2.45) is 0 Å². The number of piperazine rings is 2. The van der Waals surface area contributed by atoms with Crippen LogP contribution in [-0.2, 0) is 9.47 Å². The molecule has 2 aromatic heterocycles. The summed E-state index contributed by atoms with van der Waals surface area (Å²) in [5, 5.41) is 8.01. The number of para-hydroxylation sites is 2. The first-order valence-electron chi connectivity index (χ1n) is 24.6. The van der Waals surface area contributed by atoms with Gasteiger partial charge in [-0.15, -0.1) is 0 Å². The first-order valence-corrected chi connectivity index (χ1v) is 26.3. The standard InChI is InChI=1S/2C28H32N4O2S/c2*33-26(25-12-7-15-29-27(25)35-24-10-5-2-6-11-24)30-22-28(13-20-34-21-14-28)32-18-16-31(17-19-32)23-8-3-1-4-9-23/h2*1-12,15H,13-14,16-22H2,(H,30,33). The maximum absolute atomic E-state index is 13.3. The number of hydrogen-bond donors (Lipinski definition) is 2. The predicted octanol–water partition coefficient (Wildman–Crippen LogP) is 8.67. The van der Waals surface area contributed by atoms with Gasteiger partial charge in [-0.1, -0.05) is 96.3 Å². The second-order valence-electron chi connectivity index (χ2n) is 18.2. The number of nitrogens with one attached hydrogen (secondary N) is 2. The van der Waals surface area contributed by atoms with Crippen LogP contribution in [0.4, 0.5) is 11.4 Å². The van der Waals surface area contributed by atoms with Gasteiger partial charge in [0.25, 0.3) is 11.8 Å². The molecule has 10 rings (SSSR count). The topological polar surface area (TPSA) is 115 Å². The van der Waals surface area contributed by atoms with Crippen molar-refractivity contribution >= 4 is 46.7 Å². The van der Waals surface area contributed by atoms with Crippen LogP contribution in [0.25, 0.3) is 0 Å². The number of nitrogens with zero attached hydrogens (tertiary/aromatic N) is 6. The Morgan fingerprint density at radius 3 is 1.16 bits per heavy atom. The highest BCUT2D eigenvalue weighted by molar-refractivity contribution is 7.99. The van der Waals surface area contributed by atoms with Crippen LogP contribution in [0, 0.1) is 0 Å². The molecule has 0 unspecified atom stereocenters. The third-order valence-electron chi connectivity index (χ3n) is 14.1. The molecule has 0 aliphatic carbocycles. The molecule has 0 spiro atoms. The van der Waals surface area contributed by atoms with E-state index < -0.39 is 0 Å². The third kappa shape index (κ3) is 12.6. The second kappa shape index (κ2) is 24.4. The Morgan fingerprint density at radius 2 is 0.800 bits per heavy atom. The highest BCUT2D eigenvalue weighted by Gasteiger charge is 2.42. The Hall–Kier alpha value is -5.74. The molecule has 4 saturated heterocycles. The first kappa shape index (κ1) is 49.2. The zero-order valence-electron chi connectivity index (χ0n) is 39.9. The number of rotatable bonds is 14. The molecule has 2 amide bonds. The molecule has 4 aliphatic heterocycles. The maximum Gasteiger partial charge on any atom is 0.254 e. The second-order valence-corrected chi connectivity index (χ2v) is 20.3. The van der Waals surface area contributed by atoms with Gasteiger partial charge in [-0.2, -0.15) is 0 Å². The van der Waals surface area contributed by atoms with E-state index in [9.17, 15) is 9.59 Å². The van der Waals surface area contributed by atoms with Crippen LogP contribution in [-0.4, -0.2) is 135 Å². The fourth-order valence-electron chi connectivity index (χ4n) is 10.0. The van der Waals surface area contributed by atoms with Gasteiger partial charge < -0.3 is 29.9 Å². The van der Waals surface area contributed by atoms with Crippen molar-refractivity contribution in [3.05, 3.63) is 169 Å². The van der Waals surface area contributed by atoms with Crippen molar-refractivity contribution in [3.8, 4) is 0 Å². The Balaban J connectivity index is 0.000000174. The molecule has 70 heavy (non-hydrogen) atoms. The van der Waals surface area contributed by atoms with Crippen molar-refractivity contribution in [1.29, 1.82) is 0 Å². The minimum Gasteiger partial charge on any atom is -0.381 e. The van der Waals surface area contributed by atoms with Gasteiger partial charge in [0.15, 0.2) is 0 Å². The van der Waals surface area contributed by atoms with Crippen LogP contribution < -0.4 is 20.4 Å². The summed E-state index contributed by atoms with van der Waals surface area (Å²) < 4.78 is 11.4. The summed E-state index contributed by atoms with van der Waals surface area (Å²) in [5.74, 6) is -0.129. The smallest absolute Gasteiger partial charge is 0.254 e. The molecule has 2 N–H and O–H groups in total. The number of amides is 2. The minimum absolute atomic E-state index is 0.0645. The summed E-state index contributed by atoms with van der Waals surface area (Å²) in [4.78, 5) is 47.9. The number of aromatic nitrogens is 2. The van der Waals surface area contributed by atoms with Crippen molar-refractivity contribution in [1.82, 2.24) is 30.4 Å². The number of carbonyl (C=O) groups is 2. The highest BCUT2D eigenvalue weighted by Crippen LogP contribution is 2.34. The van der Waals surface area contributed by atoms with Crippen LogP contribution in [0.1, 0.15) is 46.4 Å². The molecule has 14 heteroatoms. The average Bonchev–Trinajstić information content (AvgIpc) is 3.44. The van der Waals surface area contributed by atoms with Crippen molar-refractivity contribution in [2.75, 3.05) is 102 Å². The van der Waals surface area contributed by atoms with E-state index in [1.54, 1.807) is 12.4 Å². The molecule has 4 aromatic carbocycles. The van der Waals surface area contributed by atoms with Gasteiger partial charge in [0.2, 0.25) is 0 Å². The van der Waals surface area contributed by atoms with Gasteiger partial charge in [0, 0.05) is 137 Å². The van der Waals surface area contributed by atoms with E-state index in [4.69, 9.17) is 9.47 Å². The van der Waals surface area contributed by atoms with Crippen LogP contribution in [0.5, 0.6) is 0 Å². The number of benzene rings is 4. The lowest BCUT2D eigenvalue weighted by Gasteiger charge is -2.50. The predicted molar refractivity (Wildman–Crippen MR) is 280 cm³/mol. The zero-order chi connectivity index (χ0) is 47.9. The van der Waals surface area contributed by atoms with Crippen molar-refractivity contribution in [2.45, 2.75) is 56.6 Å². The number of hydrogen-bond acceptors (Lipinski definition) is 12. The summed E-state index contributed by atoms with van der Waals surface area (Å²) in [6.45, 7) is 12.0. The third-order valence-corrected chi connectivity index (χ3v) is 16.1. The van der Waals surface area contributed by atoms with Gasteiger partial charge in [-0.25, -0.2) is 9.97 Å². The van der Waals surface area contributed by atoms with Crippen LogP contribution in [0.15, 0.2) is 178 Å². The van der Waals surface area contributed by atoms with Gasteiger partial charge in [0.05, 0.1) is 11.1 Å². The number of ether oxygens (including phenoxy) is 2. The molecule has 0 bridgehead atoms. The van der Waals surface area contributed by atoms with Gasteiger partial charge in [-0.3, -0.25) is 19.4 Å². The van der Waals surface area contributed by atoms with E-state index >= 15 is 0 Å². The zero-order valence-corrected chi connectivity index (χ0v) is 41.5. The summed E-state index contributed by atoms with van der Waals surface area (Å²) in [6.07, 6.45) is 7.20. The fourth-order valence-corrected chi connectivity index (χ4v) is 11.8. The molecule has 0 saturated carbocycles. The molecule has 4 fully saturated rings. The summed E-state index contributed by atoms with van der Waals surface area (Å²) >= 11 is 3.04. The summed E-state index contributed by atoms with van der Waals surface area (Å²) in [7, 11) is 0. The average molecular weight is 977 g/mol. The Morgan fingerprint density at radius 1 is 0.457 bits per heavy atom. The normalized spacial score (nSPS) is 18.2. The number of anilines is 2. The van der Waals surface area contributed by atoms with E-state index in [2.05, 4.69) is 101 Å². The van der Waals surface area contributed by atoms with E-state index in [0.29, 0.717) is 24.2 Å². The fraction of sp³-hybridized carbons (Fsp3) is 0.357. The van der Waals surface area contributed by atoms with Gasteiger partial charge in [-0.05, 0) is 98.5 Å². The van der Waals surface area contributed by atoms with Crippen LogP contribution in [0.3, 0.4) is 0 Å².